The Morgan fingerprint density at radius 3 is 2.72 bits per heavy atom. The molecule has 9 heteroatoms. The fourth-order valence-corrected chi connectivity index (χ4v) is 4.62. The molecule has 2 amide bonds. The summed E-state index contributed by atoms with van der Waals surface area (Å²) in [5.41, 5.74) is 6.84. The standard InChI is InChI=1S/C20H21N5O2S2/c1-12(18(27)22-19-15(16(21)26)9-10-28-19)29-20-24-23-17(14-7-8-14)25(20)11-13-5-3-2-4-6-13/h2-6,9-10,12,14H,7-8,11H2,1H3,(H2,21,26)(H,22,27)/t12-/m1/s1. The second kappa shape index (κ2) is 8.38. The molecule has 7 nitrogen and oxygen atoms in total. The van der Waals surface area contributed by atoms with Crippen LogP contribution in [0.2, 0.25) is 0 Å². The van der Waals surface area contributed by atoms with Gasteiger partial charge in [0, 0.05) is 5.92 Å². The van der Waals surface area contributed by atoms with Gasteiger partial charge in [0.05, 0.1) is 17.4 Å². The van der Waals surface area contributed by atoms with Crippen molar-refractivity contribution in [2.45, 2.75) is 42.6 Å². The molecular weight excluding hydrogens is 406 g/mol. The van der Waals surface area contributed by atoms with E-state index >= 15 is 0 Å². The van der Waals surface area contributed by atoms with Crippen molar-refractivity contribution in [2.75, 3.05) is 5.32 Å². The Kier molecular flexibility index (Phi) is 5.68. The van der Waals surface area contributed by atoms with Crippen LogP contribution in [0.4, 0.5) is 5.00 Å². The molecule has 2 aromatic heterocycles. The lowest BCUT2D eigenvalue weighted by atomic mass is 10.2. The molecule has 0 aliphatic heterocycles. The summed E-state index contributed by atoms with van der Waals surface area (Å²) in [5.74, 6) is 0.674. The Bertz CT molecular complexity index is 1030. The van der Waals surface area contributed by atoms with E-state index in [1.807, 2.05) is 25.1 Å². The van der Waals surface area contributed by atoms with Crippen LogP contribution in [0.25, 0.3) is 0 Å². The van der Waals surface area contributed by atoms with Gasteiger partial charge in [-0.15, -0.1) is 21.5 Å². The van der Waals surface area contributed by atoms with Crippen LogP contribution in [0.3, 0.4) is 0 Å². The van der Waals surface area contributed by atoms with Gasteiger partial charge in [-0.05, 0) is 36.8 Å². The van der Waals surface area contributed by atoms with E-state index in [0.29, 0.717) is 23.0 Å². The first kappa shape index (κ1) is 19.7. The maximum atomic E-state index is 12.7. The van der Waals surface area contributed by atoms with Gasteiger partial charge in [-0.3, -0.25) is 9.59 Å². The Labute approximate surface area is 176 Å². The first-order chi connectivity index (χ1) is 14.0. The number of thiophene rings is 1. The van der Waals surface area contributed by atoms with Crippen LogP contribution >= 0.6 is 23.1 Å². The Hall–Kier alpha value is -2.65. The van der Waals surface area contributed by atoms with Crippen molar-refractivity contribution in [2.24, 2.45) is 5.73 Å². The molecule has 1 aliphatic rings. The molecule has 0 unspecified atom stereocenters. The molecule has 0 bridgehead atoms. The van der Waals surface area contributed by atoms with Gasteiger partial charge in [-0.25, -0.2) is 0 Å². The van der Waals surface area contributed by atoms with Crippen molar-refractivity contribution in [1.29, 1.82) is 0 Å². The normalized spacial score (nSPS) is 14.5. The van der Waals surface area contributed by atoms with Gasteiger partial charge in [0.15, 0.2) is 5.16 Å². The average Bonchev–Trinajstić information content (AvgIpc) is 3.32. The van der Waals surface area contributed by atoms with Crippen molar-refractivity contribution in [3.05, 3.63) is 58.7 Å². The third-order valence-corrected chi connectivity index (χ3v) is 6.60. The van der Waals surface area contributed by atoms with E-state index in [4.69, 9.17) is 5.73 Å². The molecule has 1 aromatic carbocycles. The van der Waals surface area contributed by atoms with Gasteiger partial charge in [-0.1, -0.05) is 42.1 Å². The number of hydrogen-bond acceptors (Lipinski definition) is 6. The number of primary amides is 1. The van der Waals surface area contributed by atoms with Crippen LogP contribution in [-0.2, 0) is 11.3 Å². The average molecular weight is 428 g/mol. The number of aromatic nitrogens is 3. The lowest BCUT2D eigenvalue weighted by Crippen LogP contribution is -2.24. The van der Waals surface area contributed by atoms with Gasteiger partial charge < -0.3 is 15.6 Å². The second-order valence-corrected chi connectivity index (χ2v) is 9.19. The van der Waals surface area contributed by atoms with E-state index in [0.717, 1.165) is 29.4 Å². The molecule has 3 N–H and O–H groups in total. The van der Waals surface area contributed by atoms with Crippen LogP contribution in [-0.4, -0.2) is 31.8 Å². The summed E-state index contributed by atoms with van der Waals surface area (Å²) in [7, 11) is 0. The highest BCUT2D eigenvalue weighted by Gasteiger charge is 2.31. The minimum atomic E-state index is -0.557. The number of hydrogen-bond donors (Lipinski definition) is 2. The van der Waals surface area contributed by atoms with E-state index in [-0.39, 0.29) is 5.91 Å². The molecule has 1 atom stereocenters. The minimum Gasteiger partial charge on any atom is -0.366 e. The molecule has 2 heterocycles. The summed E-state index contributed by atoms with van der Waals surface area (Å²) < 4.78 is 2.11. The predicted molar refractivity (Wildman–Crippen MR) is 114 cm³/mol. The van der Waals surface area contributed by atoms with Gasteiger partial charge in [0.2, 0.25) is 5.91 Å². The van der Waals surface area contributed by atoms with Crippen molar-refractivity contribution in [1.82, 2.24) is 14.8 Å². The molecule has 0 saturated heterocycles. The summed E-state index contributed by atoms with van der Waals surface area (Å²) in [5, 5.41) is 14.1. The topological polar surface area (TPSA) is 103 Å². The monoisotopic (exact) mass is 427 g/mol. The zero-order valence-electron chi connectivity index (χ0n) is 15.9. The molecule has 4 rings (SSSR count). The highest BCUT2D eigenvalue weighted by molar-refractivity contribution is 8.00. The number of thioether (sulfide) groups is 1. The van der Waals surface area contributed by atoms with Gasteiger partial charge in [0.25, 0.3) is 5.91 Å². The van der Waals surface area contributed by atoms with Crippen LogP contribution in [0.15, 0.2) is 46.9 Å². The predicted octanol–water partition coefficient (Wildman–Crippen LogP) is 3.48. The molecule has 0 radical (unpaired) electrons. The number of benzene rings is 1. The summed E-state index contributed by atoms with van der Waals surface area (Å²) in [6, 6.07) is 11.8. The molecule has 0 spiro atoms. The van der Waals surface area contributed by atoms with Crippen LogP contribution in [0, 0.1) is 0 Å². The molecule has 150 valence electrons. The number of amides is 2. The minimum absolute atomic E-state index is 0.206. The first-order valence-corrected chi connectivity index (χ1v) is 11.1. The molecular formula is C20H21N5O2S2. The first-order valence-electron chi connectivity index (χ1n) is 9.34. The molecule has 1 aliphatic carbocycles. The quantitative estimate of drug-likeness (QED) is 0.536. The van der Waals surface area contributed by atoms with E-state index in [1.165, 1.54) is 23.1 Å². The molecule has 1 fully saturated rings. The number of nitrogens with two attached hydrogens (primary N) is 1. The Morgan fingerprint density at radius 1 is 1.28 bits per heavy atom. The fraction of sp³-hybridized carbons (Fsp3) is 0.300. The van der Waals surface area contributed by atoms with E-state index < -0.39 is 11.2 Å². The number of rotatable bonds is 8. The van der Waals surface area contributed by atoms with Gasteiger partial charge >= 0.3 is 0 Å². The molecule has 3 aromatic rings. The van der Waals surface area contributed by atoms with Gasteiger partial charge in [-0.2, -0.15) is 0 Å². The smallest absolute Gasteiger partial charge is 0.251 e. The van der Waals surface area contributed by atoms with E-state index in [1.54, 1.807) is 11.4 Å². The lowest BCUT2D eigenvalue weighted by molar-refractivity contribution is -0.115. The van der Waals surface area contributed by atoms with Crippen LogP contribution in [0.1, 0.15) is 47.4 Å². The Morgan fingerprint density at radius 2 is 2.03 bits per heavy atom. The third-order valence-electron chi connectivity index (χ3n) is 4.69. The molecule has 1 saturated carbocycles. The molecule has 29 heavy (non-hydrogen) atoms. The number of nitrogens with one attached hydrogen (secondary N) is 1. The Balaban J connectivity index is 1.50. The second-order valence-electron chi connectivity index (χ2n) is 6.96. The fourth-order valence-electron chi connectivity index (χ4n) is 2.97. The maximum absolute atomic E-state index is 12.7. The van der Waals surface area contributed by atoms with Crippen LogP contribution < -0.4 is 11.1 Å². The largest absolute Gasteiger partial charge is 0.366 e. The van der Waals surface area contributed by atoms with E-state index in [2.05, 4.69) is 32.2 Å². The summed E-state index contributed by atoms with van der Waals surface area (Å²) in [4.78, 5) is 24.1. The van der Waals surface area contributed by atoms with Crippen LogP contribution in [0.5, 0.6) is 0 Å². The third kappa shape index (κ3) is 4.51. The highest BCUT2D eigenvalue weighted by atomic mass is 32.2. The summed E-state index contributed by atoms with van der Waals surface area (Å²) >= 11 is 2.64. The number of carbonyl (C=O) groups excluding carboxylic acids is 2. The lowest BCUT2D eigenvalue weighted by Gasteiger charge is -2.14. The number of carbonyl (C=O) groups is 2. The van der Waals surface area contributed by atoms with Crippen molar-refractivity contribution in [3.63, 3.8) is 0 Å². The zero-order chi connectivity index (χ0) is 20.4. The zero-order valence-corrected chi connectivity index (χ0v) is 17.5. The number of anilines is 1. The van der Waals surface area contributed by atoms with Crippen molar-refractivity contribution < 1.29 is 9.59 Å². The maximum Gasteiger partial charge on any atom is 0.251 e. The number of nitrogens with zero attached hydrogens (tertiary/aromatic N) is 3. The summed E-state index contributed by atoms with van der Waals surface area (Å²) in [6.45, 7) is 2.49. The van der Waals surface area contributed by atoms with Crippen molar-refractivity contribution >= 4 is 39.9 Å². The van der Waals surface area contributed by atoms with Crippen molar-refractivity contribution in [3.8, 4) is 0 Å². The highest BCUT2D eigenvalue weighted by Crippen LogP contribution is 2.40. The SMILES string of the molecule is C[C@@H](Sc1nnc(C2CC2)n1Cc1ccccc1)C(=O)Nc1sccc1C(N)=O. The van der Waals surface area contributed by atoms with Gasteiger partial charge in [0.1, 0.15) is 10.8 Å². The summed E-state index contributed by atoms with van der Waals surface area (Å²) in [6.07, 6.45) is 2.25. The van der Waals surface area contributed by atoms with E-state index in [9.17, 15) is 9.59 Å².